The number of pyridine rings is 1. The standard InChI is InChI=1S/C15H21N3O2S.C12H18N2O3S/c1-15(2,20)10-6-3-9(4-7-10)5-8-11-18-12(13(16)19)14(17)21-11;15-10-12(11-4-1-2-5-13-11)14-6-3-8-18(16,17)9-7-14/h3,6,20H,4-5,7-8,17H2,1-2H3,(H2,16,19);1-2,4-5,12,15H,3,6-10H2. The van der Waals surface area contributed by atoms with Crippen molar-refractivity contribution in [2.24, 2.45) is 5.73 Å². The van der Waals surface area contributed by atoms with Crippen molar-refractivity contribution in [3.05, 3.63) is 64.1 Å². The maximum Gasteiger partial charge on any atom is 0.270 e. The molecule has 1 amide bonds. The van der Waals surface area contributed by atoms with Gasteiger partial charge in [-0.25, -0.2) is 13.4 Å². The molecular weight excluding hydrogens is 538 g/mol. The minimum Gasteiger partial charge on any atom is -0.394 e. The van der Waals surface area contributed by atoms with Gasteiger partial charge in [-0.2, -0.15) is 0 Å². The number of nitrogens with two attached hydrogens (primary N) is 2. The number of amides is 1. The van der Waals surface area contributed by atoms with E-state index >= 15 is 0 Å². The number of aliphatic hydroxyl groups excluding tert-OH is 1. The third-order valence-electron chi connectivity index (χ3n) is 6.85. The molecule has 1 saturated heterocycles. The van der Waals surface area contributed by atoms with E-state index in [1.54, 1.807) is 20.0 Å². The van der Waals surface area contributed by atoms with Gasteiger partial charge in [-0.15, -0.1) is 11.3 Å². The van der Waals surface area contributed by atoms with Crippen molar-refractivity contribution in [2.45, 2.75) is 57.6 Å². The molecule has 0 spiro atoms. The predicted octanol–water partition coefficient (Wildman–Crippen LogP) is 2.41. The smallest absolute Gasteiger partial charge is 0.270 e. The molecule has 1 fully saturated rings. The molecule has 6 N–H and O–H groups in total. The summed E-state index contributed by atoms with van der Waals surface area (Å²) in [6, 6.07) is 5.35. The second kappa shape index (κ2) is 13.6. The fraction of sp³-hybridized carbons (Fsp3) is 0.519. The van der Waals surface area contributed by atoms with Gasteiger partial charge in [0.25, 0.3) is 5.91 Å². The number of nitrogen functional groups attached to an aromatic ring is 1. The van der Waals surface area contributed by atoms with E-state index in [0.717, 1.165) is 42.0 Å². The highest BCUT2D eigenvalue weighted by Gasteiger charge is 2.26. The quantitative estimate of drug-likeness (QED) is 0.367. The van der Waals surface area contributed by atoms with E-state index in [-0.39, 0.29) is 29.8 Å². The first-order valence-corrected chi connectivity index (χ1v) is 15.7. The molecule has 2 aromatic rings. The van der Waals surface area contributed by atoms with Gasteiger partial charge in [-0.05, 0) is 63.8 Å². The average molecular weight is 578 g/mol. The molecule has 1 aliphatic heterocycles. The summed E-state index contributed by atoms with van der Waals surface area (Å²) < 4.78 is 23.1. The monoisotopic (exact) mass is 577 g/mol. The molecule has 3 heterocycles. The van der Waals surface area contributed by atoms with Gasteiger partial charge in [-0.3, -0.25) is 14.7 Å². The molecule has 4 rings (SSSR count). The second-order valence-electron chi connectivity index (χ2n) is 10.3. The number of aryl methyl sites for hydroxylation is 1. The van der Waals surface area contributed by atoms with Crippen molar-refractivity contribution in [1.29, 1.82) is 0 Å². The van der Waals surface area contributed by atoms with Crippen LogP contribution < -0.4 is 11.5 Å². The number of primary amides is 1. The molecule has 0 bridgehead atoms. The van der Waals surface area contributed by atoms with Crippen LogP contribution in [0.1, 0.15) is 66.8 Å². The fourth-order valence-electron chi connectivity index (χ4n) is 4.57. The molecule has 1 unspecified atom stereocenters. The summed E-state index contributed by atoms with van der Waals surface area (Å²) in [6.45, 7) is 4.71. The number of thiazole rings is 1. The molecule has 10 nitrogen and oxygen atoms in total. The summed E-state index contributed by atoms with van der Waals surface area (Å²) >= 11 is 1.32. The first kappa shape index (κ1) is 30.9. The highest BCUT2D eigenvalue weighted by molar-refractivity contribution is 7.91. The fourth-order valence-corrected chi connectivity index (χ4v) is 6.69. The van der Waals surface area contributed by atoms with E-state index in [4.69, 9.17) is 11.5 Å². The van der Waals surface area contributed by atoms with E-state index in [1.807, 2.05) is 29.2 Å². The number of aliphatic hydroxyl groups is 2. The lowest BCUT2D eigenvalue weighted by Crippen LogP contribution is -2.34. The summed E-state index contributed by atoms with van der Waals surface area (Å²) in [5.41, 5.74) is 13.5. The van der Waals surface area contributed by atoms with Crippen LogP contribution >= 0.6 is 11.3 Å². The van der Waals surface area contributed by atoms with Crippen LogP contribution in [0.3, 0.4) is 0 Å². The normalized spacial score (nSPS) is 18.7. The largest absolute Gasteiger partial charge is 0.394 e. The van der Waals surface area contributed by atoms with Crippen molar-refractivity contribution < 1.29 is 23.4 Å². The van der Waals surface area contributed by atoms with Gasteiger partial charge in [-0.1, -0.05) is 23.8 Å². The molecular formula is C27H39N5O5S2. The second-order valence-corrected chi connectivity index (χ2v) is 13.7. The Balaban J connectivity index is 0.000000218. The van der Waals surface area contributed by atoms with E-state index < -0.39 is 21.3 Å². The third kappa shape index (κ3) is 9.21. The van der Waals surface area contributed by atoms with Crippen LogP contribution in [0.15, 0.2) is 47.7 Å². The predicted molar refractivity (Wildman–Crippen MR) is 154 cm³/mol. The number of anilines is 1. The Hall–Kier alpha value is -2.64. The highest BCUT2D eigenvalue weighted by Crippen LogP contribution is 2.30. The van der Waals surface area contributed by atoms with E-state index in [9.17, 15) is 23.4 Å². The van der Waals surface area contributed by atoms with Gasteiger partial charge in [0, 0.05) is 19.2 Å². The van der Waals surface area contributed by atoms with Crippen LogP contribution in [0.4, 0.5) is 5.00 Å². The maximum absolute atomic E-state index is 11.6. The van der Waals surface area contributed by atoms with Crippen molar-refractivity contribution in [2.75, 3.05) is 36.9 Å². The summed E-state index contributed by atoms with van der Waals surface area (Å²) in [5, 5.41) is 20.7. The molecule has 214 valence electrons. The van der Waals surface area contributed by atoms with Crippen molar-refractivity contribution in [1.82, 2.24) is 14.9 Å². The van der Waals surface area contributed by atoms with Crippen molar-refractivity contribution in [3.8, 4) is 0 Å². The molecule has 0 aromatic carbocycles. The number of nitrogens with zero attached hydrogens (tertiary/aromatic N) is 3. The van der Waals surface area contributed by atoms with E-state index in [0.29, 0.717) is 24.5 Å². The summed E-state index contributed by atoms with van der Waals surface area (Å²) in [4.78, 5) is 21.5. The molecule has 1 aliphatic carbocycles. The van der Waals surface area contributed by atoms with Crippen LogP contribution in [-0.2, 0) is 16.3 Å². The summed E-state index contributed by atoms with van der Waals surface area (Å²) in [7, 11) is -2.92. The van der Waals surface area contributed by atoms with Crippen LogP contribution in [0, 0.1) is 0 Å². The first-order valence-electron chi connectivity index (χ1n) is 13.0. The Kier molecular flexibility index (Phi) is 10.8. The van der Waals surface area contributed by atoms with Crippen molar-refractivity contribution in [3.63, 3.8) is 0 Å². The van der Waals surface area contributed by atoms with Crippen LogP contribution in [0.25, 0.3) is 0 Å². The van der Waals surface area contributed by atoms with Crippen LogP contribution in [0.2, 0.25) is 0 Å². The molecule has 0 saturated carbocycles. The van der Waals surface area contributed by atoms with Gasteiger partial charge in [0.1, 0.15) is 5.00 Å². The Bertz CT molecular complexity index is 1280. The molecule has 2 aliphatic rings. The summed E-state index contributed by atoms with van der Waals surface area (Å²) in [6.07, 6.45) is 9.83. The number of rotatable bonds is 8. The first-order chi connectivity index (χ1) is 18.4. The Labute approximate surface area is 234 Å². The van der Waals surface area contributed by atoms with E-state index in [2.05, 4.69) is 16.0 Å². The van der Waals surface area contributed by atoms with Gasteiger partial charge in [0.2, 0.25) is 0 Å². The Morgan fingerprint density at radius 3 is 2.51 bits per heavy atom. The van der Waals surface area contributed by atoms with Gasteiger partial charge >= 0.3 is 0 Å². The topological polar surface area (TPSA) is 173 Å². The third-order valence-corrected chi connectivity index (χ3v) is 9.51. The Morgan fingerprint density at radius 2 is 1.95 bits per heavy atom. The maximum atomic E-state index is 11.6. The molecule has 0 radical (unpaired) electrons. The minimum atomic E-state index is -2.92. The highest BCUT2D eigenvalue weighted by atomic mass is 32.2. The molecule has 12 heteroatoms. The lowest BCUT2D eigenvalue weighted by molar-refractivity contribution is 0.0996. The summed E-state index contributed by atoms with van der Waals surface area (Å²) in [5.74, 6) is -0.176. The van der Waals surface area contributed by atoms with Crippen molar-refractivity contribution >= 4 is 32.1 Å². The number of aromatic nitrogens is 2. The number of hydrogen-bond donors (Lipinski definition) is 4. The number of sulfone groups is 1. The van der Waals surface area contributed by atoms with E-state index in [1.165, 1.54) is 16.9 Å². The SMILES string of the molecule is CC(C)(O)C1=CC=C(CCc2nc(C(N)=O)c(N)s2)CC1.O=S1(=O)CCCN(C(CO)c2ccccn2)CC1. The van der Waals surface area contributed by atoms with Crippen LogP contribution in [-0.4, -0.2) is 76.2 Å². The molecule has 39 heavy (non-hydrogen) atoms. The van der Waals surface area contributed by atoms with Gasteiger partial charge in [0.15, 0.2) is 15.5 Å². The molecule has 2 aromatic heterocycles. The Morgan fingerprint density at radius 1 is 1.18 bits per heavy atom. The number of hydrogen-bond acceptors (Lipinski definition) is 10. The van der Waals surface area contributed by atoms with Gasteiger partial charge in [0.05, 0.1) is 40.5 Å². The number of allylic oxidation sites excluding steroid dienone is 3. The lowest BCUT2D eigenvalue weighted by Gasteiger charge is -2.28. The zero-order valence-corrected chi connectivity index (χ0v) is 24.2. The van der Waals surface area contributed by atoms with Crippen LogP contribution in [0.5, 0.6) is 0 Å². The zero-order chi connectivity index (χ0) is 28.6. The number of carbonyl (C=O) groups excluding carboxylic acids is 1. The minimum absolute atomic E-state index is 0.0446. The average Bonchev–Trinajstić information content (AvgIpc) is 3.18. The zero-order valence-electron chi connectivity index (χ0n) is 22.5. The van der Waals surface area contributed by atoms with Gasteiger partial charge < -0.3 is 21.7 Å². The lowest BCUT2D eigenvalue weighted by atomic mass is 9.87. The number of carbonyl (C=O) groups is 1. The molecule has 1 atom stereocenters.